The number of amides is 1. The summed E-state index contributed by atoms with van der Waals surface area (Å²) < 4.78 is 18.0. The fourth-order valence-corrected chi connectivity index (χ4v) is 3.42. The zero-order chi connectivity index (χ0) is 22.5. The van der Waals surface area contributed by atoms with Crippen molar-refractivity contribution in [2.45, 2.75) is 13.2 Å². The molecule has 164 valence electrons. The molecule has 1 N–H and O–H groups in total. The van der Waals surface area contributed by atoms with Crippen LogP contribution in [0.1, 0.15) is 21.9 Å². The molecule has 4 aromatic rings. The second-order valence-corrected chi connectivity index (χ2v) is 7.44. The molecule has 0 aliphatic heterocycles. The summed E-state index contributed by atoms with van der Waals surface area (Å²) in [4.78, 5) is 16.6. The van der Waals surface area contributed by atoms with Crippen LogP contribution in [0.3, 0.4) is 0 Å². The van der Waals surface area contributed by atoms with Gasteiger partial charge >= 0.3 is 0 Å². The molecule has 0 unspecified atom stereocenters. The van der Waals surface area contributed by atoms with Gasteiger partial charge in [0.25, 0.3) is 5.91 Å². The van der Waals surface area contributed by atoms with E-state index in [1.54, 1.807) is 49.6 Å². The molecule has 4 rings (SSSR count). The Labute approximate surface area is 193 Å². The SMILES string of the molecule is COc1ccccc1OCc1ccc(C(=O)Nc2ncn(Cc3c(Cl)cccc3Cl)n2)o1. The van der Waals surface area contributed by atoms with Gasteiger partial charge < -0.3 is 13.9 Å². The summed E-state index contributed by atoms with van der Waals surface area (Å²) in [7, 11) is 1.57. The first-order valence-corrected chi connectivity index (χ1v) is 10.3. The van der Waals surface area contributed by atoms with Gasteiger partial charge in [-0.15, -0.1) is 5.10 Å². The minimum Gasteiger partial charge on any atom is -0.493 e. The number of hydrogen-bond acceptors (Lipinski definition) is 6. The first kappa shape index (κ1) is 21.7. The van der Waals surface area contributed by atoms with Gasteiger partial charge in [0.1, 0.15) is 18.7 Å². The third-order valence-electron chi connectivity index (χ3n) is 4.47. The Balaban J connectivity index is 1.36. The Kier molecular flexibility index (Phi) is 6.63. The van der Waals surface area contributed by atoms with Crippen molar-refractivity contribution in [2.75, 3.05) is 12.4 Å². The molecule has 0 bridgehead atoms. The number of methoxy groups -OCH3 is 1. The summed E-state index contributed by atoms with van der Waals surface area (Å²) in [6.07, 6.45) is 1.48. The number of hydrogen-bond donors (Lipinski definition) is 1. The number of halogens is 2. The molecule has 1 amide bonds. The van der Waals surface area contributed by atoms with Crippen molar-refractivity contribution >= 4 is 35.1 Å². The van der Waals surface area contributed by atoms with Crippen molar-refractivity contribution in [2.24, 2.45) is 0 Å². The summed E-state index contributed by atoms with van der Waals surface area (Å²) in [6.45, 7) is 0.450. The topological polar surface area (TPSA) is 91.4 Å². The first-order chi connectivity index (χ1) is 15.5. The number of carbonyl (C=O) groups excluding carboxylic acids is 1. The fourth-order valence-electron chi connectivity index (χ4n) is 2.90. The third kappa shape index (κ3) is 5.04. The largest absolute Gasteiger partial charge is 0.493 e. The van der Waals surface area contributed by atoms with Crippen LogP contribution in [0.5, 0.6) is 11.5 Å². The highest BCUT2D eigenvalue weighted by Crippen LogP contribution is 2.27. The quantitative estimate of drug-likeness (QED) is 0.385. The van der Waals surface area contributed by atoms with Crippen LogP contribution in [-0.2, 0) is 13.2 Å². The monoisotopic (exact) mass is 472 g/mol. The van der Waals surface area contributed by atoms with E-state index < -0.39 is 5.91 Å². The number of rotatable bonds is 8. The average molecular weight is 473 g/mol. The molecule has 0 radical (unpaired) electrons. The maximum absolute atomic E-state index is 12.5. The van der Waals surface area contributed by atoms with Crippen molar-refractivity contribution in [3.63, 3.8) is 0 Å². The normalized spacial score (nSPS) is 10.7. The van der Waals surface area contributed by atoms with E-state index in [0.29, 0.717) is 39.4 Å². The van der Waals surface area contributed by atoms with Crippen LogP contribution in [0.2, 0.25) is 10.0 Å². The molecule has 0 aliphatic rings. The molecule has 32 heavy (non-hydrogen) atoms. The molecular weight excluding hydrogens is 455 g/mol. The first-order valence-electron chi connectivity index (χ1n) is 9.51. The van der Waals surface area contributed by atoms with Crippen LogP contribution in [0.4, 0.5) is 5.95 Å². The lowest BCUT2D eigenvalue weighted by Gasteiger charge is -2.08. The number of benzene rings is 2. The molecular formula is C22H18Cl2N4O4. The third-order valence-corrected chi connectivity index (χ3v) is 5.18. The van der Waals surface area contributed by atoms with Gasteiger partial charge in [0.15, 0.2) is 17.3 Å². The molecule has 8 nitrogen and oxygen atoms in total. The van der Waals surface area contributed by atoms with Gasteiger partial charge in [0, 0.05) is 15.6 Å². The lowest BCUT2D eigenvalue weighted by Crippen LogP contribution is -2.12. The molecule has 0 aliphatic carbocycles. The van der Waals surface area contributed by atoms with Gasteiger partial charge in [-0.3, -0.25) is 10.1 Å². The highest BCUT2D eigenvalue weighted by Gasteiger charge is 2.15. The van der Waals surface area contributed by atoms with E-state index in [9.17, 15) is 4.79 Å². The second-order valence-electron chi connectivity index (χ2n) is 6.63. The molecule has 2 heterocycles. The average Bonchev–Trinajstić information content (AvgIpc) is 3.45. The van der Waals surface area contributed by atoms with Crippen LogP contribution < -0.4 is 14.8 Å². The van der Waals surface area contributed by atoms with Gasteiger partial charge in [0.2, 0.25) is 5.95 Å². The maximum atomic E-state index is 12.5. The van der Waals surface area contributed by atoms with Crippen molar-refractivity contribution in [1.82, 2.24) is 14.8 Å². The van der Waals surface area contributed by atoms with E-state index in [4.69, 9.17) is 37.1 Å². The number of nitrogens with zero attached hydrogens (tertiary/aromatic N) is 3. The zero-order valence-electron chi connectivity index (χ0n) is 16.9. The van der Waals surface area contributed by atoms with Crippen molar-refractivity contribution in [3.8, 4) is 11.5 Å². The Morgan fingerprint density at radius 3 is 2.56 bits per heavy atom. The van der Waals surface area contributed by atoms with E-state index in [2.05, 4.69) is 15.4 Å². The summed E-state index contributed by atoms with van der Waals surface area (Å²) >= 11 is 12.4. The van der Waals surface area contributed by atoms with E-state index in [1.807, 2.05) is 12.1 Å². The van der Waals surface area contributed by atoms with Crippen molar-refractivity contribution < 1.29 is 18.7 Å². The minimum absolute atomic E-state index is 0.106. The Bertz CT molecular complexity index is 1220. The molecule has 2 aromatic heterocycles. The number of anilines is 1. The summed E-state index contributed by atoms with van der Waals surface area (Å²) in [5, 5.41) is 7.88. The van der Waals surface area contributed by atoms with Crippen LogP contribution in [0.25, 0.3) is 0 Å². The van der Waals surface area contributed by atoms with Crippen LogP contribution in [0, 0.1) is 0 Å². The zero-order valence-corrected chi connectivity index (χ0v) is 18.4. The van der Waals surface area contributed by atoms with Gasteiger partial charge in [0.05, 0.1) is 13.7 Å². The maximum Gasteiger partial charge on any atom is 0.293 e. The highest BCUT2D eigenvalue weighted by atomic mass is 35.5. The number of para-hydroxylation sites is 2. The molecule has 0 saturated carbocycles. The number of aromatic nitrogens is 3. The van der Waals surface area contributed by atoms with Gasteiger partial charge in [-0.25, -0.2) is 9.67 Å². The predicted molar refractivity (Wildman–Crippen MR) is 120 cm³/mol. The molecule has 0 atom stereocenters. The highest BCUT2D eigenvalue weighted by molar-refractivity contribution is 6.35. The van der Waals surface area contributed by atoms with E-state index in [-0.39, 0.29) is 18.3 Å². The number of ether oxygens (including phenoxy) is 2. The van der Waals surface area contributed by atoms with E-state index in [1.165, 1.54) is 11.0 Å². The standard InChI is InChI=1S/C22H18Cl2N4O4/c1-30-18-7-2-3-8-19(18)31-12-14-9-10-20(32-14)21(29)26-22-25-13-28(27-22)11-15-16(23)5-4-6-17(15)24/h2-10,13H,11-12H2,1H3,(H,26,27,29). The minimum atomic E-state index is -0.484. The summed E-state index contributed by atoms with van der Waals surface area (Å²) in [6, 6.07) is 15.7. The second kappa shape index (κ2) is 9.76. The molecule has 10 heteroatoms. The van der Waals surface area contributed by atoms with Crippen molar-refractivity contribution in [3.05, 3.63) is 88.1 Å². The molecule has 0 saturated heterocycles. The molecule has 0 fully saturated rings. The van der Waals surface area contributed by atoms with Crippen LogP contribution in [-0.4, -0.2) is 27.8 Å². The molecule has 2 aromatic carbocycles. The van der Waals surface area contributed by atoms with Crippen molar-refractivity contribution in [1.29, 1.82) is 0 Å². The summed E-state index contributed by atoms with van der Waals surface area (Å²) in [5.74, 6) is 1.41. The summed E-state index contributed by atoms with van der Waals surface area (Å²) in [5.41, 5.74) is 0.712. The fraction of sp³-hybridized carbons (Fsp3) is 0.136. The number of carbonyl (C=O) groups is 1. The Morgan fingerprint density at radius 2 is 1.81 bits per heavy atom. The van der Waals surface area contributed by atoms with Crippen LogP contribution in [0.15, 0.2) is 65.3 Å². The van der Waals surface area contributed by atoms with Gasteiger partial charge in [-0.05, 0) is 36.4 Å². The van der Waals surface area contributed by atoms with Gasteiger partial charge in [-0.2, -0.15) is 0 Å². The van der Waals surface area contributed by atoms with E-state index >= 15 is 0 Å². The van der Waals surface area contributed by atoms with E-state index in [0.717, 1.165) is 0 Å². The smallest absolute Gasteiger partial charge is 0.293 e. The Hall–Kier alpha value is -3.49. The lowest BCUT2D eigenvalue weighted by molar-refractivity contribution is 0.0991. The van der Waals surface area contributed by atoms with Gasteiger partial charge in [-0.1, -0.05) is 41.4 Å². The lowest BCUT2D eigenvalue weighted by atomic mass is 10.2. The predicted octanol–water partition coefficient (Wildman–Crippen LogP) is 5.07. The van der Waals surface area contributed by atoms with Crippen LogP contribution >= 0.6 is 23.2 Å². The number of nitrogens with one attached hydrogen (secondary N) is 1. The number of furan rings is 1. The molecule has 0 spiro atoms. The Morgan fingerprint density at radius 1 is 1.06 bits per heavy atom.